The first kappa shape index (κ1) is 16.4. The molecule has 6 nitrogen and oxygen atoms in total. The Morgan fingerprint density at radius 2 is 1.81 bits per heavy atom. The zero-order chi connectivity index (χ0) is 14.7. The number of nitrogens with zero attached hydrogens (tertiary/aromatic N) is 1. The Labute approximate surface area is 125 Å². The van der Waals surface area contributed by atoms with E-state index in [1.165, 1.54) is 30.3 Å². The average Bonchev–Trinajstić information content (AvgIpc) is 2.38. The van der Waals surface area contributed by atoms with Gasteiger partial charge in [0.25, 0.3) is 0 Å². The molecule has 21 heavy (non-hydrogen) atoms. The van der Waals surface area contributed by atoms with Gasteiger partial charge < -0.3 is 10.5 Å². The number of nitrogens with one attached hydrogen (secondary N) is 1. The van der Waals surface area contributed by atoms with E-state index in [0.717, 1.165) is 6.07 Å². The Kier molecular flexibility index (Phi) is 5.20. The molecule has 8 heteroatoms. The summed E-state index contributed by atoms with van der Waals surface area (Å²) in [6.07, 6.45) is 0. The summed E-state index contributed by atoms with van der Waals surface area (Å²) in [6.45, 7) is 0. The smallest absolute Gasteiger partial charge is 0.311 e. The maximum atomic E-state index is 13.6. The van der Waals surface area contributed by atoms with Crippen LogP contribution in [0.3, 0.4) is 0 Å². The molecule has 0 spiro atoms. The first-order valence-corrected chi connectivity index (χ1v) is 5.55. The topological polar surface area (TPSA) is 102 Å². The van der Waals surface area contributed by atoms with Crippen molar-refractivity contribution < 1.29 is 14.1 Å². The highest BCUT2D eigenvalue weighted by Gasteiger charge is 2.18. The lowest BCUT2D eigenvalue weighted by Gasteiger charge is -2.10. The van der Waals surface area contributed by atoms with Gasteiger partial charge in [0.1, 0.15) is 17.4 Å². The van der Waals surface area contributed by atoms with Gasteiger partial charge in [0, 0.05) is 6.07 Å². The summed E-state index contributed by atoms with van der Waals surface area (Å²) in [7, 11) is 0. The third kappa shape index (κ3) is 3.46. The van der Waals surface area contributed by atoms with Gasteiger partial charge in [0.15, 0.2) is 0 Å². The van der Waals surface area contributed by atoms with Crippen LogP contribution >= 0.6 is 12.4 Å². The summed E-state index contributed by atoms with van der Waals surface area (Å²) < 4.78 is 19.0. The van der Waals surface area contributed by atoms with Crippen LogP contribution in [0.4, 0.5) is 10.1 Å². The van der Waals surface area contributed by atoms with Crippen LogP contribution in [0.2, 0.25) is 0 Å². The molecule has 0 saturated carbocycles. The molecule has 2 rings (SSSR count). The van der Waals surface area contributed by atoms with Crippen molar-refractivity contribution in [1.29, 1.82) is 5.41 Å². The lowest BCUT2D eigenvalue weighted by Crippen LogP contribution is -2.14. The van der Waals surface area contributed by atoms with E-state index >= 15 is 0 Å². The van der Waals surface area contributed by atoms with Crippen molar-refractivity contribution in [1.82, 2.24) is 0 Å². The second kappa shape index (κ2) is 6.67. The van der Waals surface area contributed by atoms with Crippen LogP contribution in [0.5, 0.6) is 11.5 Å². The molecular weight excluding hydrogens is 301 g/mol. The highest BCUT2D eigenvalue weighted by molar-refractivity contribution is 5.98. The minimum Gasteiger partial charge on any atom is -0.449 e. The normalized spacial score (nSPS) is 9.57. The first-order valence-electron chi connectivity index (χ1n) is 5.55. The van der Waals surface area contributed by atoms with Gasteiger partial charge in [0.05, 0.1) is 10.5 Å². The zero-order valence-electron chi connectivity index (χ0n) is 10.6. The minimum absolute atomic E-state index is 0. The lowest BCUT2D eigenvalue weighted by atomic mass is 10.1. The summed E-state index contributed by atoms with van der Waals surface area (Å²) in [5, 5.41) is 18.2. The number of nitro benzene ring substituents is 1. The third-order valence-electron chi connectivity index (χ3n) is 2.53. The van der Waals surface area contributed by atoms with E-state index in [1.54, 1.807) is 6.07 Å². The number of para-hydroxylation sites is 2. The lowest BCUT2D eigenvalue weighted by molar-refractivity contribution is -0.385. The van der Waals surface area contributed by atoms with Gasteiger partial charge in [0.2, 0.25) is 5.75 Å². The summed E-state index contributed by atoms with van der Waals surface area (Å²) in [5.41, 5.74) is 4.81. The fraction of sp³-hybridized carbons (Fsp3) is 0. The van der Waals surface area contributed by atoms with Crippen LogP contribution in [-0.4, -0.2) is 10.8 Å². The van der Waals surface area contributed by atoms with Gasteiger partial charge in [-0.1, -0.05) is 18.2 Å². The molecule has 0 bridgehead atoms. The minimum atomic E-state index is -0.728. The Bertz CT molecular complexity index is 694. The number of halogens is 2. The second-order valence-electron chi connectivity index (χ2n) is 3.85. The molecule has 0 unspecified atom stereocenters. The highest BCUT2D eigenvalue weighted by atomic mass is 35.5. The molecular formula is C13H11ClFN3O3. The van der Waals surface area contributed by atoms with E-state index in [1.807, 2.05) is 0 Å². The van der Waals surface area contributed by atoms with Gasteiger partial charge in [-0.3, -0.25) is 15.5 Å². The molecule has 2 aromatic carbocycles. The number of rotatable bonds is 4. The number of hydrogen-bond donors (Lipinski definition) is 2. The molecule has 0 amide bonds. The van der Waals surface area contributed by atoms with Crippen LogP contribution in [0, 0.1) is 21.3 Å². The molecule has 0 atom stereocenters. The summed E-state index contributed by atoms with van der Waals surface area (Å²) in [6, 6.07) is 9.57. The summed E-state index contributed by atoms with van der Waals surface area (Å²) >= 11 is 0. The van der Waals surface area contributed by atoms with Crippen LogP contribution in [0.25, 0.3) is 0 Å². The Morgan fingerprint density at radius 3 is 2.43 bits per heavy atom. The predicted octanol–water partition coefficient (Wildman–Crippen LogP) is 3.23. The Hall–Kier alpha value is -2.67. The first-order chi connectivity index (χ1) is 9.50. The molecule has 0 aliphatic carbocycles. The van der Waals surface area contributed by atoms with Gasteiger partial charge >= 0.3 is 5.69 Å². The van der Waals surface area contributed by atoms with Crippen molar-refractivity contribution >= 4 is 23.9 Å². The second-order valence-corrected chi connectivity index (χ2v) is 3.85. The largest absolute Gasteiger partial charge is 0.449 e. The molecule has 0 aromatic heterocycles. The van der Waals surface area contributed by atoms with Crippen molar-refractivity contribution in [3.63, 3.8) is 0 Å². The number of hydrogen-bond acceptors (Lipinski definition) is 4. The van der Waals surface area contributed by atoms with Crippen molar-refractivity contribution in [2.45, 2.75) is 0 Å². The van der Waals surface area contributed by atoms with Crippen LogP contribution < -0.4 is 10.5 Å². The number of amidine groups is 1. The zero-order valence-corrected chi connectivity index (χ0v) is 11.4. The van der Waals surface area contributed by atoms with E-state index in [9.17, 15) is 14.5 Å². The van der Waals surface area contributed by atoms with Gasteiger partial charge in [-0.25, -0.2) is 4.39 Å². The molecule has 0 fully saturated rings. The van der Waals surface area contributed by atoms with E-state index in [2.05, 4.69) is 0 Å². The molecule has 0 heterocycles. The quantitative estimate of drug-likeness (QED) is 0.391. The number of ether oxygens (including phenoxy) is 1. The molecule has 0 saturated heterocycles. The molecule has 0 radical (unpaired) electrons. The van der Waals surface area contributed by atoms with E-state index in [0.29, 0.717) is 0 Å². The van der Waals surface area contributed by atoms with Gasteiger partial charge in [-0.2, -0.15) is 0 Å². The van der Waals surface area contributed by atoms with Gasteiger partial charge in [-0.15, -0.1) is 12.4 Å². The third-order valence-corrected chi connectivity index (χ3v) is 2.53. The van der Waals surface area contributed by atoms with Crippen LogP contribution in [0.15, 0.2) is 42.5 Å². The maximum Gasteiger partial charge on any atom is 0.311 e. The maximum absolute atomic E-state index is 13.6. The van der Waals surface area contributed by atoms with Crippen molar-refractivity contribution in [2.75, 3.05) is 0 Å². The average molecular weight is 312 g/mol. The van der Waals surface area contributed by atoms with E-state index < -0.39 is 16.6 Å². The van der Waals surface area contributed by atoms with Crippen LogP contribution in [0.1, 0.15) is 5.56 Å². The Balaban J connectivity index is 0.00000220. The van der Waals surface area contributed by atoms with Crippen molar-refractivity contribution in [3.8, 4) is 11.5 Å². The number of benzene rings is 2. The Morgan fingerprint density at radius 1 is 1.19 bits per heavy atom. The molecule has 0 aliphatic heterocycles. The highest BCUT2D eigenvalue weighted by Crippen LogP contribution is 2.33. The standard InChI is InChI=1S/C13H10FN3O3.ClH/c14-8-4-3-7-11(12(8)13(15)16)20-10-6-2-1-5-9(10)17(18)19;/h1-7H,(H3,15,16);1H. The fourth-order valence-corrected chi connectivity index (χ4v) is 1.66. The van der Waals surface area contributed by atoms with E-state index in [4.69, 9.17) is 15.9 Å². The van der Waals surface area contributed by atoms with Gasteiger partial charge in [-0.05, 0) is 18.2 Å². The van der Waals surface area contributed by atoms with Crippen molar-refractivity contribution in [2.24, 2.45) is 5.73 Å². The van der Waals surface area contributed by atoms with Crippen LogP contribution in [-0.2, 0) is 0 Å². The fourth-order valence-electron chi connectivity index (χ4n) is 1.66. The SMILES string of the molecule is Cl.N=C(N)c1c(F)cccc1Oc1ccccc1[N+](=O)[O-]. The molecule has 3 N–H and O–H groups in total. The molecule has 2 aromatic rings. The molecule has 0 aliphatic rings. The number of nitrogens with two attached hydrogens (primary N) is 1. The molecule has 110 valence electrons. The number of nitrogen functional groups attached to an aromatic ring is 1. The predicted molar refractivity (Wildman–Crippen MR) is 77.8 cm³/mol. The summed E-state index contributed by atoms with van der Waals surface area (Å²) in [5.74, 6) is -1.34. The van der Waals surface area contributed by atoms with Crippen molar-refractivity contribution in [3.05, 3.63) is 64.0 Å². The van der Waals surface area contributed by atoms with E-state index in [-0.39, 0.29) is 35.2 Å². The number of nitro groups is 1. The summed E-state index contributed by atoms with van der Waals surface area (Å²) in [4.78, 5) is 10.3. The monoisotopic (exact) mass is 311 g/mol.